The largest absolute Gasteiger partial charge is 0.493 e. The average molecular weight is 563 g/mol. The number of nitrogens with zero attached hydrogens (tertiary/aromatic N) is 5. The van der Waals surface area contributed by atoms with E-state index in [1.54, 1.807) is 13.3 Å². The SMILES string of the molecule is COCCOc1cc(F)c(Cn2nc(-c3ncc(OC)c(Nc4cc(C)ncc4OC)n3)c3ccccc32)c(F)c1. The minimum atomic E-state index is -0.743. The second kappa shape index (κ2) is 12.1. The second-order valence-corrected chi connectivity index (χ2v) is 8.99. The third-order valence-corrected chi connectivity index (χ3v) is 6.30. The van der Waals surface area contributed by atoms with Crippen molar-refractivity contribution in [2.24, 2.45) is 0 Å². The van der Waals surface area contributed by atoms with Crippen molar-refractivity contribution in [3.8, 4) is 28.8 Å². The first-order chi connectivity index (χ1) is 19.9. The van der Waals surface area contributed by atoms with Gasteiger partial charge in [-0.15, -0.1) is 0 Å². The van der Waals surface area contributed by atoms with Crippen LogP contribution in [0.4, 0.5) is 20.3 Å². The zero-order valence-corrected chi connectivity index (χ0v) is 22.9. The lowest BCUT2D eigenvalue weighted by molar-refractivity contribution is 0.146. The van der Waals surface area contributed by atoms with Crippen molar-refractivity contribution in [3.63, 3.8) is 0 Å². The fraction of sp³-hybridized carbons (Fsp3) is 0.241. The maximum atomic E-state index is 15.0. The fourth-order valence-corrected chi connectivity index (χ4v) is 4.28. The minimum Gasteiger partial charge on any atom is -0.493 e. The Morgan fingerprint density at radius 3 is 2.37 bits per heavy atom. The lowest BCUT2D eigenvalue weighted by Crippen LogP contribution is -2.09. The first-order valence-electron chi connectivity index (χ1n) is 12.7. The molecule has 0 amide bonds. The van der Waals surface area contributed by atoms with Gasteiger partial charge in [-0.05, 0) is 19.1 Å². The summed E-state index contributed by atoms with van der Waals surface area (Å²) in [4.78, 5) is 13.4. The molecule has 0 aliphatic rings. The Bertz CT molecular complexity index is 1670. The first kappa shape index (κ1) is 27.7. The number of pyridine rings is 1. The van der Waals surface area contributed by atoms with Crippen molar-refractivity contribution in [1.82, 2.24) is 24.7 Å². The summed E-state index contributed by atoms with van der Waals surface area (Å²) in [5.74, 6) is 0.175. The number of halogens is 2. The Kier molecular flexibility index (Phi) is 8.20. The molecular weight excluding hydrogens is 534 g/mol. The second-order valence-electron chi connectivity index (χ2n) is 8.99. The van der Waals surface area contributed by atoms with Gasteiger partial charge in [-0.25, -0.2) is 18.7 Å². The van der Waals surface area contributed by atoms with E-state index in [0.717, 1.165) is 17.8 Å². The van der Waals surface area contributed by atoms with Crippen LogP contribution in [-0.4, -0.2) is 59.3 Å². The lowest BCUT2D eigenvalue weighted by atomic mass is 10.1. The van der Waals surface area contributed by atoms with Crippen LogP contribution in [0.2, 0.25) is 0 Å². The Morgan fingerprint density at radius 1 is 0.902 bits per heavy atom. The van der Waals surface area contributed by atoms with Gasteiger partial charge in [-0.3, -0.25) is 9.67 Å². The molecule has 0 saturated carbocycles. The molecule has 0 bridgehead atoms. The molecule has 10 nitrogen and oxygen atoms in total. The molecule has 0 spiro atoms. The fourth-order valence-electron chi connectivity index (χ4n) is 4.28. The number of methoxy groups -OCH3 is 3. The molecule has 2 aromatic carbocycles. The quantitative estimate of drug-likeness (QED) is 0.215. The van der Waals surface area contributed by atoms with Gasteiger partial charge in [0.2, 0.25) is 0 Å². The Labute approximate surface area is 234 Å². The molecule has 0 unspecified atom stereocenters. The van der Waals surface area contributed by atoms with Crippen LogP contribution < -0.4 is 19.5 Å². The molecule has 3 aromatic heterocycles. The molecule has 0 atom stereocenters. The highest BCUT2D eigenvalue weighted by molar-refractivity contribution is 5.92. The summed E-state index contributed by atoms with van der Waals surface area (Å²) >= 11 is 0. The maximum absolute atomic E-state index is 15.0. The van der Waals surface area contributed by atoms with Gasteiger partial charge in [0, 0.05) is 35.9 Å². The molecule has 41 heavy (non-hydrogen) atoms. The van der Waals surface area contributed by atoms with Crippen molar-refractivity contribution < 1.29 is 27.7 Å². The van der Waals surface area contributed by atoms with Crippen molar-refractivity contribution in [1.29, 1.82) is 0 Å². The standard InChI is InChI=1S/C29H28F2N6O4/c1-17-11-23(25(39-3)14-32-17)34-28-26(40-4)15-33-29(35-28)27-19-7-5-6-8-24(19)37(36-27)16-20-21(30)12-18(13-22(20)31)41-10-9-38-2/h5-8,11-15H,9-10,16H2,1-4H3,(H,32,33,34,35). The Hall–Kier alpha value is -4.84. The van der Waals surface area contributed by atoms with Crippen LogP contribution in [0.15, 0.2) is 54.9 Å². The van der Waals surface area contributed by atoms with E-state index in [9.17, 15) is 0 Å². The van der Waals surface area contributed by atoms with Gasteiger partial charge in [-0.2, -0.15) is 5.10 Å². The zero-order valence-electron chi connectivity index (χ0n) is 22.9. The molecule has 12 heteroatoms. The summed E-state index contributed by atoms with van der Waals surface area (Å²) < 4.78 is 52.7. The van der Waals surface area contributed by atoms with Crippen LogP contribution in [0.1, 0.15) is 11.3 Å². The van der Waals surface area contributed by atoms with Gasteiger partial charge in [0.25, 0.3) is 0 Å². The summed E-state index contributed by atoms with van der Waals surface area (Å²) in [5, 5.41) is 8.62. The van der Waals surface area contributed by atoms with E-state index in [1.165, 1.54) is 25.1 Å². The highest BCUT2D eigenvalue weighted by Crippen LogP contribution is 2.34. The van der Waals surface area contributed by atoms with Crippen molar-refractivity contribution in [2.75, 3.05) is 39.9 Å². The normalized spacial score (nSPS) is 11.1. The number of aryl methyl sites for hydroxylation is 1. The number of para-hydroxylation sites is 1. The molecular formula is C29H28F2N6O4. The molecule has 5 rings (SSSR count). The molecule has 3 heterocycles. The van der Waals surface area contributed by atoms with E-state index in [4.69, 9.17) is 23.9 Å². The molecule has 212 valence electrons. The Balaban J connectivity index is 1.52. The highest BCUT2D eigenvalue weighted by atomic mass is 19.1. The number of ether oxygens (including phenoxy) is 4. The molecule has 0 radical (unpaired) electrons. The number of nitrogens with one attached hydrogen (secondary N) is 1. The van der Waals surface area contributed by atoms with Crippen LogP contribution in [-0.2, 0) is 11.3 Å². The van der Waals surface area contributed by atoms with Crippen molar-refractivity contribution in [2.45, 2.75) is 13.5 Å². The van der Waals surface area contributed by atoms with Crippen LogP contribution in [0.25, 0.3) is 22.4 Å². The van der Waals surface area contributed by atoms with Gasteiger partial charge < -0.3 is 24.3 Å². The predicted octanol–water partition coefficient (Wildman–Crippen LogP) is 5.31. The molecule has 0 fully saturated rings. The van der Waals surface area contributed by atoms with E-state index >= 15 is 8.78 Å². The van der Waals surface area contributed by atoms with Crippen LogP contribution in [0.5, 0.6) is 17.2 Å². The average Bonchev–Trinajstić information content (AvgIpc) is 3.33. The lowest BCUT2D eigenvalue weighted by Gasteiger charge is -2.13. The number of hydrogen-bond acceptors (Lipinski definition) is 9. The van der Waals surface area contributed by atoms with Crippen LogP contribution >= 0.6 is 0 Å². The predicted molar refractivity (Wildman–Crippen MR) is 149 cm³/mol. The van der Waals surface area contributed by atoms with E-state index < -0.39 is 11.6 Å². The zero-order chi connectivity index (χ0) is 28.9. The highest BCUT2D eigenvalue weighted by Gasteiger charge is 2.20. The number of anilines is 2. The summed E-state index contributed by atoms with van der Waals surface area (Å²) in [6.45, 7) is 2.17. The van der Waals surface area contributed by atoms with Crippen LogP contribution in [0, 0.1) is 18.6 Å². The Morgan fingerprint density at radius 2 is 1.63 bits per heavy atom. The third kappa shape index (κ3) is 5.87. The maximum Gasteiger partial charge on any atom is 0.183 e. The molecule has 0 aliphatic carbocycles. The molecule has 0 saturated heterocycles. The number of rotatable bonds is 11. The summed E-state index contributed by atoms with van der Waals surface area (Å²) in [7, 11) is 4.58. The first-order valence-corrected chi connectivity index (χ1v) is 12.7. The van der Waals surface area contributed by atoms with Crippen molar-refractivity contribution in [3.05, 3.63) is 77.8 Å². The van der Waals surface area contributed by atoms with Gasteiger partial charge >= 0.3 is 0 Å². The molecule has 5 aromatic rings. The molecule has 1 N–H and O–H groups in total. The van der Waals surface area contributed by atoms with Gasteiger partial charge in [0.1, 0.15) is 29.7 Å². The van der Waals surface area contributed by atoms with Gasteiger partial charge in [-0.1, -0.05) is 18.2 Å². The number of fused-ring (bicyclic) bond motifs is 1. The summed E-state index contributed by atoms with van der Waals surface area (Å²) in [6.07, 6.45) is 3.14. The summed E-state index contributed by atoms with van der Waals surface area (Å²) in [6, 6.07) is 11.5. The van der Waals surface area contributed by atoms with Crippen molar-refractivity contribution >= 4 is 22.4 Å². The third-order valence-electron chi connectivity index (χ3n) is 6.30. The van der Waals surface area contributed by atoms with E-state index in [0.29, 0.717) is 46.2 Å². The van der Waals surface area contributed by atoms with Gasteiger partial charge in [0.15, 0.2) is 23.1 Å². The van der Waals surface area contributed by atoms with Gasteiger partial charge in [0.05, 0.1) is 51.0 Å². The number of aromatic nitrogens is 5. The number of benzene rings is 2. The number of hydrogen-bond donors (Lipinski definition) is 1. The monoisotopic (exact) mass is 562 g/mol. The molecule has 0 aliphatic heterocycles. The minimum absolute atomic E-state index is 0.0829. The smallest absolute Gasteiger partial charge is 0.183 e. The van der Waals surface area contributed by atoms with Crippen LogP contribution in [0.3, 0.4) is 0 Å². The van der Waals surface area contributed by atoms with E-state index in [1.807, 2.05) is 37.3 Å². The van der Waals surface area contributed by atoms with E-state index in [-0.39, 0.29) is 30.3 Å². The topological polar surface area (TPSA) is 105 Å². The van der Waals surface area contributed by atoms with E-state index in [2.05, 4.69) is 20.4 Å². The summed E-state index contributed by atoms with van der Waals surface area (Å²) in [5.41, 5.74) is 2.35.